The maximum Gasteiger partial charge on any atom is 0.255 e. The summed E-state index contributed by atoms with van der Waals surface area (Å²) in [5, 5.41) is 6.07. The van der Waals surface area contributed by atoms with Crippen molar-refractivity contribution in [3.63, 3.8) is 0 Å². The first-order valence-corrected chi connectivity index (χ1v) is 10.3. The standard InChI is InChI=1S/C24H25ClN2O2/c1-29-23-15-19-5-3-2-4-18(19)14-22(23)24(28)26-21-10-12-27(13-11-21)16-17-6-8-20(25)9-7-17/h2-9,14-15,21H,10-13,16H2,1H3,(H,26,28). The van der Waals surface area contributed by atoms with E-state index in [1.807, 2.05) is 48.5 Å². The third-order valence-corrected chi connectivity index (χ3v) is 5.81. The number of carbonyl (C=O) groups excluding carboxylic acids is 1. The molecule has 1 heterocycles. The van der Waals surface area contributed by atoms with Gasteiger partial charge >= 0.3 is 0 Å². The van der Waals surface area contributed by atoms with Crippen LogP contribution in [-0.4, -0.2) is 37.0 Å². The van der Waals surface area contributed by atoms with Gasteiger partial charge < -0.3 is 10.1 Å². The predicted octanol–water partition coefficient (Wildman–Crippen LogP) is 4.90. The van der Waals surface area contributed by atoms with Gasteiger partial charge in [-0.05, 0) is 53.4 Å². The van der Waals surface area contributed by atoms with Crippen LogP contribution in [0.3, 0.4) is 0 Å². The summed E-state index contributed by atoms with van der Waals surface area (Å²) < 4.78 is 5.48. The molecule has 1 fully saturated rings. The fourth-order valence-corrected chi connectivity index (χ4v) is 4.04. The Kier molecular flexibility index (Phi) is 6.02. The van der Waals surface area contributed by atoms with E-state index in [1.165, 1.54) is 5.56 Å². The van der Waals surface area contributed by atoms with Crippen LogP contribution in [0.2, 0.25) is 5.02 Å². The first-order chi connectivity index (χ1) is 14.1. The maximum atomic E-state index is 12.9. The first-order valence-electron chi connectivity index (χ1n) is 9.97. The van der Waals surface area contributed by atoms with E-state index >= 15 is 0 Å². The molecule has 0 radical (unpaired) electrons. The van der Waals surface area contributed by atoms with Gasteiger partial charge in [-0.2, -0.15) is 0 Å². The minimum absolute atomic E-state index is 0.0660. The Bertz CT molecular complexity index is 995. The van der Waals surface area contributed by atoms with Crippen molar-refractivity contribution in [1.29, 1.82) is 0 Å². The number of nitrogens with zero attached hydrogens (tertiary/aromatic N) is 1. The van der Waals surface area contributed by atoms with Gasteiger partial charge in [0.2, 0.25) is 0 Å². The molecule has 4 rings (SSSR count). The molecule has 0 aliphatic carbocycles. The van der Waals surface area contributed by atoms with Crippen LogP contribution in [0.5, 0.6) is 5.75 Å². The lowest BCUT2D eigenvalue weighted by molar-refractivity contribution is 0.0906. The van der Waals surface area contributed by atoms with Crippen molar-refractivity contribution in [1.82, 2.24) is 10.2 Å². The molecule has 0 bridgehead atoms. The van der Waals surface area contributed by atoms with E-state index < -0.39 is 0 Å². The number of amides is 1. The van der Waals surface area contributed by atoms with E-state index in [0.717, 1.165) is 48.3 Å². The van der Waals surface area contributed by atoms with Gasteiger partial charge in [0.25, 0.3) is 5.91 Å². The highest BCUT2D eigenvalue weighted by Gasteiger charge is 2.23. The number of piperidine rings is 1. The smallest absolute Gasteiger partial charge is 0.255 e. The molecule has 1 aliphatic rings. The number of hydrogen-bond acceptors (Lipinski definition) is 3. The van der Waals surface area contributed by atoms with Gasteiger partial charge in [-0.15, -0.1) is 0 Å². The molecule has 3 aromatic rings. The van der Waals surface area contributed by atoms with E-state index in [4.69, 9.17) is 16.3 Å². The number of fused-ring (bicyclic) bond motifs is 1. The van der Waals surface area contributed by atoms with Gasteiger partial charge in [-0.25, -0.2) is 0 Å². The van der Waals surface area contributed by atoms with Crippen molar-refractivity contribution in [3.05, 3.63) is 76.8 Å². The molecule has 1 saturated heterocycles. The number of ether oxygens (including phenoxy) is 1. The van der Waals surface area contributed by atoms with Crippen LogP contribution >= 0.6 is 11.6 Å². The number of methoxy groups -OCH3 is 1. The van der Waals surface area contributed by atoms with E-state index in [-0.39, 0.29) is 11.9 Å². The SMILES string of the molecule is COc1cc2ccccc2cc1C(=O)NC1CCN(Cc2ccc(Cl)cc2)CC1. The number of likely N-dealkylation sites (tertiary alicyclic amines) is 1. The normalized spacial score (nSPS) is 15.4. The average molecular weight is 409 g/mol. The Labute approximate surface area is 176 Å². The Hall–Kier alpha value is -2.56. The molecular weight excluding hydrogens is 384 g/mol. The summed E-state index contributed by atoms with van der Waals surface area (Å²) in [6, 6.07) is 20.0. The summed E-state index contributed by atoms with van der Waals surface area (Å²) in [6.07, 6.45) is 1.88. The minimum Gasteiger partial charge on any atom is -0.496 e. The lowest BCUT2D eigenvalue weighted by atomic mass is 10.0. The number of nitrogens with one attached hydrogen (secondary N) is 1. The molecule has 4 nitrogen and oxygen atoms in total. The van der Waals surface area contributed by atoms with Crippen LogP contribution in [0.15, 0.2) is 60.7 Å². The van der Waals surface area contributed by atoms with E-state index in [1.54, 1.807) is 7.11 Å². The highest BCUT2D eigenvalue weighted by Crippen LogP contribution is 2.26. The number of carbonyl (C=O) groups is 1. The van der Waals surface area contributed by atoms with Crippen LogP contribution in [0, 0.1) is 0 Å². The number of benzene rings is 3. The summed E-state index contributed by atoms with van der Waals surface area (Å²) in [5.74, 6) is 0.546. The molecule has 0 unspecified atom stereocenters. The zero-order chi connectivity index (χ0) is 20.2. The van der Waals surface area contributed by atoms with E-state index in [2.05, 4.69) is 22.3 Å². The summed E-state index contributed by atoms with van der Waals surface area (Å²) in [7, 11) is 1.61. The zero-order valence-corrected chi connectivity index (χ0v) is 17.3. The van der Waals surface area contributed by atoms with Crippen molar-refractivity contribution in [2.75, 3.05) is 20.2 Å². The molecule has 3 aromatic carbocycles. The van der Waals surface area contributed by atoms with E-state index in [9.17, 15) is 4.79 Å². The maximum absolute atomic E-state index is 12.9. The monoisotopic (exact) mass is 408 g/mol. The Morgan fingerprint density at radius 3 is 2.38 bits per heavy atom. The van der Waals surface area contributed by atoms with Crippen molar-refractivity contribution in [3.8, 4) is 5.75 Å². The second kappa shape index (κ2) is 8.85. The minimum atomic E-state index is -0.0660. The lowest BCUT2D eigenvalue weighted by Gasteiger charge is -2.32. The van der Waals surface area contributed by atoms with Crippen LogP contribution < -0.4 is 10.1 Å². The summed E-state index contributed by atoms with van der Waals surface area (Å²) in [4.78, 5) is 15.3. The van der Waals surface area contributed by atoms with Gasteiger partial charge in [-0.3, -0.25) is 9.69 Å². The molecule has 1 amide bonds. The number of hydrogen-bond donors (Lipinski definition) is 1. The highest BCUT2D eigenvalue weighted by molar-refractivity contribution is 6.30. The third-order valence-electron chi connectivity index (χ3n) is 5.55. The molecule has 0 spiro atoms. The van der Waals surface area contributed by atoms with Crippen molar-refractivity contribution < 1.29 is 9.53 Å². The van der Waals surface area contributed by atoms with Gasteiger partial charge in [0.15, 0.2) is 0 Å². The topological polar surface area (TPSA) is 41.6 Å². The number of halogens is 1. The molecular formula is C24H25ClN2O2. The van der Waals surface area contributed by atoms with Gasteiger partial charge in [0, 0.05) is 30.7 Å². The molecule has 29 heavy (non-hydrogen) atoms. The summed E-state index contributed by atoms with van der Waals surface area (Å²) >= 11 is 5.96. The van der Waals surface area contributed by atoms with Gasteiger partial charge in [0.1, 0.15) is 5.75 Å². The third kappa shape index (κ3) is 4.72. The molecule has 0 aromatic heterocycles. The van der Waals surface area contributed by atoms with Gasteiger partial charge in [-0.1, -0.05) is 48.0 Å². The Morgan fingerprint density at radius 1 is 1.07 bits per heavy atom. The molecule has 5 heteroatoms. The zero-order valence-electron chi connectivity index (χ0n) is 16.5. The highest BCUT2D eigenvalue weighted by atomic mass is 35.5. The lowest BCUT2D eigenvalue weighted by Crippen LogP contribution is -2.44. The predicted molar refractivity (Wildman–Crippen MR) is 118 cm³/mol. The van der Waals surface area contributed by atoms with Crippen LogP contribution in [0.25, 0.3) is 10.8 Å². The molecule has 0 saturated carbocycles. The second-order valence-corrected chi connectivity index (χ2v) is 7.99. The van der Waals surface area contributed by atoms with Gasteiger partial charge in [0.05, 0.1) is 12.7 Å². The van der Waals surface area contributed by atoms with Crippen molar-refractivity contribution in [2.45, 2.75) is 25.4 Å². The second-order valence-electron chi connectivity index (χ2n) is 7.55. The molecule has 150 valence electrons. The van der Waals surface area contributed by atoms with Crippen LogP contribution in [-0.2, 0) is 6.54 Å². The van der Waals surface area contributed by atoms with Crippen LogP contribution in [0.1, 0.15) is 28.8 Å². The fraction of sp³-hybridized carbons (Fsp3) is 0.292. The van der Waals surface area contributed by atoms with Crippen molar-refractivity contribution >= 4 is 28.3 Å². The quantitative estimate of drug-likeness (QED) is 0.653. The Balaban J connectivity index is 1.37. The number of rotatable bonds is 5. The van der Waals surface area contributed by atoms with E-state index in [0.29, 0.717) is 11.3 Å². The van der Waals surface area contributed by atoms with Crippen LogP contribution in [0.4, 0.5) is 0 Å². The average Bonchev–Trinajstić information content (AvgIpc) is 2.75. The van der Waals surface area contributed by atoms with Crippen molar-refractivity contribution in [2.24, 2.45) is 0 Å². The molecule has 1 N–H and O–H groups in total. The molecule has 0 atom stereocenters. The Morgan fingerprint density at radius 2 is 1.72 bits per heavy atom. The fourth-order valence-electron chi connectivity index (χ4n) is 3.91. The molecule has 1 aliphatic heterocycles. The largest absolute Gasteiger partial charge is 0.496 e. The summed E-state index contributed by atoms with van der Waals surface area (Å²) in [5.41, 5.74) is 1.85. The summed E-state index contributed by atoms with van der Waals surface area (Å²) in [6.45, 7) is 2.83. The first kappa shape index (κ1) is 19.7.